The van der Waals surface area contributed by atoms with Crippen LogP contribution in [0.2, 0.25) is 5.02 Å². The summed E-state index contributed by atoms with van der Waals surface area (Å²) < 4.78 is 16.9. The van der Waals surface area contributed by atoms with Gasteiger partial charge in [0, 0.05) is 37.7 Å². The van der Waals surface area contributed by atoms with E-state index in [1.165, 1.54) is 12.4 Å². The standard InChI is InChI=1S/C24H30ClN7O3/c1-32(2)13-15(14-33-3)35-21-10-22(34-4)20(9-18(21)27)30-24-29-12-17(25)23(31-24)16(11-26)19-7-5-6-8-28-19/h5-12,15H,13-14,26-27H2,1-4H3,(H,29,30,31). The average Bonchev–Trinajstić information content (AvgIpc) is 2.83. The van der Waals surface area contributed by atoms with Crippen LogP contribution in [0.3, 0.4) is 0 Å². The van der Waals surface area contributed by atoms with E-state index in [0.717, 1.165) is 0 Å². The predicted octanol–water partition coefficient (Wildman–Crippen LogP) is 3.16. The van der Waals surface area contributed by atoms with Crippen LogP contribution in [0.1, 0.15) is 11.4 Å². The van der Waals surface area contributed by atoms with Crippen molar-refractivity contribution in [3.8, 4) is 11.5 Å². The number of nitrogens with two attached hydrogens (primary N) is 2. The molecule has 5 N–H and O–H groups in total. The molecule has 0 fully saturated rings. The Morgan fingerprint density at radius 2 is 2.00 bits per heavy atom. The molecule has 2 aromatic heterocycles. The van der Waals surface area contributed by atoms with Crippen molar-refractivity contribution in [3.05, 3.63) is 65.3 Å². The van der Waals surface area contributed by atoms with Crippen molar-refractivity contribution >= 4 is 34.5 Å². The van der Waals surface area contributed by atoms with E-state index in [1.807, 2.05) is 37.2 Å². The molecule has 1 aromatic carbocycles. The smallest absolute Gasteiger partial charge is 0.227 e. The minimum absolute atomic E-state index is 0.212. The van der Waals surface area contributed by atoms with Gasteiger partial charge in [0.1, 0.15) is 17.6 Å². The quantitative estimate of drug-likeness (QED) is 0.338. The number of rotatable bonds is 11. The number of likely N-dealkylation sites (N-methyl/N-ethyl adjacent to an activating group) is 1. The molecule has 0 bridgehead atoms. The van der Waals surface area contributed by atoms with Gasteiger partial charge in [0.05, 0.1) is 47.7 Å². The van der Waals surface area contributed by atoms with Crippen molar-refractivity contribution in [1.29, 1.82) is 0 Å². The second-order valence-electron chi connectivity index (χ2n) is 7.86. The first kappa shape index (κ1) is 26.0. The summed E-state index contributed by atoms with van der Waals surface area (Å²) in [7, 11) is 7.10. The highest BCUT2D eigenvalue weighted by Gasteiger charge is 2.18. The highest BCUT2D eigenvalue weighted by Crippen LogP contribution is 2.37. The topological polar surface area (TPSA) is 134 Å². The van der Waals surface area contributed by atoms with Gasteiger partial charge in [-0.2, -0.15) is 0 Å². The predicted molar refractivity (Wildman–Crippen MR) is 138 cm³/mol. The Labute approximate surface area is 209 Å². The van der Waals surface area contributed by atoms with Crippen molar-refractivity contribution in [1.82, 2.24) is 19.9 Å². The fourth-order valence-corrected chi connectivity index (χ4v) is 3.58. The van der Waals surface area contributed by atoms with Gasteiger partial charge in [0.25, 0.3) is 0 Å². The second kappa shape index (κ2) is 12.2. The van der Waals surface area contributed by atoms with E-state index in [1.54, 1.807) is 32.5 Å². The van der Waals surface area contributed by atoms with Crippen molar-refractivity contribution < 1.29 is 14.2 Å². The Bertz CT molecular complexity index is 1160. The highest BCUT2D eigenvalue weighted by molar-refractivity contribution is 6.32. The van der Waals surface area contributed by atoms with E-state index >= 15 is 0 Å². The van der Waals surface area contributed by atoms with Crippen molar-refractivity contribution in [3.63, 3.8) is 0 Å². The normalized spacial score (nSPS) is 12.5. The maximum Gasteiger partial charge on any atom is 0.227 e. The van der Waals surface area contributed by atoms with Crippen LogP contribution in [0.15, 0.2) is 48.9 Å². The van der Waals surface area contributed by atoms with Crippen LogP contribution in [0.5, 0.6) is 11.5 Å². The van der Waals surface area contributed by atoms with Crippen LogP contribution >= 0.6 is 11.6 Å². The molecule has 3 rings (SSSR count). The molecule has 0 radical (unpaired) electrons. The summed E-state index contributed by atoms with van der Waals surface area (Å²) in [5.74, 6) is 1.25. The molecule has 0 saturated heterocycles. The summed E-state index contributed by atoms with van der Waals surface area (Å²) in [4.78, 5) is 15.2. The molecule has 0 spiro atoms. The maximum absolute atomic E-state index is 6.39. The number of hydrogen-bond donors (Lipinski definition) is 3. The van der Waals surface area contributed by atoms with E-state index < -0.39 is 0 Å². The number of pyridine rings is 1. The Balaban J connectivity index is 1.90. The number of anilines is 3. The largest absolute Gasteiger partial charge is 0.494 e. The first-order chi connectivity index (χ1) is 16.9. The summed E-state index contributed by atoms with van der Waals surface area (Å²) in [5, 5.41) is 3.47. The maximum atomic E-state index is 6.39. The van der Waals surface area contributed by atoms with Crippen LogP contribution < -0.4 is 26.3 Å². The van der Waals surface area contributed by atoms with Gasteiger partial charge in [-0.05, 0) is 32.3 Å². The average molecular weight is 500 g/mol. The molecule has 0 aliphatic carbocycles. The number of benzene rings is 1. The Hall–Kier alpha value is -3.60. The van der Waals surface area contributed by atoms with Gasteiger partial charge >= 0.3 is 0 Å². The van der Waals surface area contributed by atoms with Crippen LogP contribution in [0.25, 0.3) is 5.57 Å². The lowest BCUT2D eigenvalue weighted by molar-refractivity contribution is 0.0643. The molecule has 3 aromatic rings. The van der Waals surface area contributed by atoms with Crippen LogP contribution in [0, 0.1) is 0 Å². The van der Waals surface area contributed by atoms with Gasteiger partial charge in [0.15, 0.2) is 0 Å². The van der Waals surface area contributed by atoms with Gasteiger partial charge in [-0.15, -0.1) is 0 Å². The SMILES string of the molecule is COCC(CN(C)C)Oc1cc(OC)c(Nc2ncc(Cl)c(C(=CN)c3ccccn3)n2)cc1N. The summed E-state index contributed by atoms with van der Waals surface area (Å²) in [6.45, 7) is 1.07. The lowest BCUT2D eigenvalue weighted by Gasteiger charge is -2.23. The molecular weight excluding hydrogens is 470 g/mol. The van der Waals surface area contributed by atoms with E-state index in [9.17, 15) is 0 Å². The molecule has 0 aliphatic rings. The number of halogens is 1. The zero-order chi connectivity index (χ0) is 25.4. The van der Waals surface area contributed by atoms with Crippen LogP contribution in [-0.4, -0.2) is 67.4 Å². The molecule has 11 heteroatoms. The van der Waals surface area contributed by atoms with Gasteiger partial charge < -0.3 is 35.9 Å². The zero-order valence-corrected chi connectivity index (χ0v) is 20.9. The molecular formula is C24H30ClN7O3. The minimum Gasteiger partial charge on any atom is -0.494 e. The molecule has 2 heterocycles. The molecule has 35 heavy (non-hydrogen) atoms. The summed E-state index contributed by atoms with van der Waals surface area (Å²) in [5.41, 5.74) is 14.8. The van der Waals surface area contributed by atoms with Gasteiger partial charge in [0.2, 0.25) is 5.95 Å². The number of hydrogen-bond acceptors (Lipinski definition) is 10. The Morgan fingerprint density at radius 1 is 1.20 bits per heavy atom. The number of aromatic nitrogens is 3. The third kappa shape index (κ3) is 6.72. The number of nitrogens with one attached hydrogen (secondary N) is 1. The van der Waals surface area contributed by atoms with Gasteiger partial charge in [-0.3, -0.25) is 4.98 Å². The molecule has 0 saturated carbocycles. The molecule has 186 valence electrons. The number of nitrogen functional groups attached to an aromatic ring is 1. The molecule has 1 atom stereocenters. The lowest BCUT2D eigenvalue weighted by atomic mass is 10.1. The molecule has 10 nitrogen and oxygen atoms in total. The minimum atomic E-state index is -0.212. The summed E-state index contributed by atoms with van der Waals surface area (Å²) in [6, 6.07) is 8.90. The van der Waals surface area contributed by atoms with E-state index in [4.69, 9.17) is 37.3 Å². The third-order valence-electron chi connectivity index (χ3n) is 4.90. The Kier molecular flexibility index (Phi) is 9.07. The molecule has 0 aliphatic heterocycles. The van der Waals surface area contributed by atoms with Crippen molar-refractivity contribution in [2.24, 2.45) is 5.73 Å². The fourth-order valence-electron chi connectivity index (χ4n) is 3.39. The second-order valence-corrected chi connectivity index (χ2v) is 8.27. The van der Waals surface area contributed by atoms with Crippen LogP contribution in [-0.2, 0) is 4.74 Å². The van der Waals surface area contributed by atoms with Gasteiger partial charge in [-0.25, -0.2) is 9.97 Å². The van der Waals surface area contributed by atoms with Crippen molar-refractivity contribution in [2.75, 3.05) is 52.5 Å². The first-order valence-electron chi connectivity index (χ1n) is 10.8. The first-order valence-corrected chi connectivity index (χ1v) is 11.1. The molecule has 1 unspecified atom stereocenters. The zero-order valence-electron chi connectivity index (χ0n) is 20.2. The van der Waals surface area contributed by atoms with Crippen molar-refractivity contribution in [2.45, 2.75) is 6.10 Å². The number of nitrogens with zero attached hydrogens (tertiary/aromatic N) is 4. The third-order valence-corrected chi connectivity index (χ3v) is 5.18. The lowest BCUT2D eigenvalue weighted by Crippen LogP contribution is -2.34. The highest BCUT2D eigenvalue weighted by atomic mass is 35.5. The number of methoxy groups -OCH3 is 2. The monoisotopic (exact) mass is 499 g/mol. The summed E-state index contributed by atoms with van der Waals surface area (Å²) in [6.07, 6.45) is 4.36. The number of ether oxygens (including phenoxy) is 3. The van der Waals surface area contributed by atoms with Crippen LogP contribution in [0.4, 0.5) is 17.3 Å². The summed E-state index contributed by atoms with van der Waals surface area (Å²) >= 11 is 6.39. The van der Waals surface area contributed by atoms with Gasteiger partial charge in [-0.1, -0.05) is 17.7 Å². The Morgan fingerprint density at radius 3 is 2.63 bits per heavy atom. The fraction of sp³-hybridized carbons (Fsp3) is 0.292. The molecule has 0 amide bonds. The van der Waals surface area contributed by atoms with E-state index in [-0.39, 0.29) is 12.1 Å². The van der Waals surface area contributed by atoms with E-state index in [0.29, 0.717) is 58.0 Å². The van der Waals surface area contributed by atoms with E-state index in [2.05, 4.69) is 20.3 Å².